The molecular formula is C21H22O2. The summed E-state index contributed by atoms with van der Waals surface area (Å²) >= 11 is 0. The van der Waals surface area contributed by atoms with Crippen LogP contribution >= 0.6 is 0 Å². The maximum absolute atomic E-state index is 10.9. The highest BCUT2D eigenvalue weighted by Crippen LogP contribution is 2.20. The van der Waals surface area contributed by atoms with Gasteiger partial charge in [-0.1, -0.05) is 62.3 Å². The second-order valence-electron chi connectivity index (χ2n) is 5.57. The van der Waals surface area contributed by atoms with Crippen LogP contribution in [0.25, 0.3) is 11.1 Å². The Hall–Kier alpha value is -2.53. The summed E-state index contributed by atoms with van der Waals surface area (Å²) in [4.78, 5) is 10.9. The van der Waals surface area contributed by atoms with E-state index < -0.39 is 5.97 Å². The summed E-state index contributed by atoms with van der Waals surface area (Å²) in [5, 5.41) is 8.92. The lowest BCUT2D eigenvalue weighted by atomic mass is 10.0. The van der Waals surface area contributed by atoms with Crippen LogP contribution < -0.4 is 0 Å². The van der Waals surface area contributed by atoms with Crippen LogP contribution in [0.3, 0.4) is 0 Å². The van der Waals surface area contributed by atoms with E-state index in [1.54, 1.807) is 12.1 Å². The Morgan fingerprint density at radius 3 is 2.09 bits per heavy atom. The van der Waals surface area contributed by atoms with Crippen molar-refractivity contribution in [1.29, 1.82) is 0 Å². The SMILES string of the molecule is CCCCCCC#Cc1ccc(-c2ccc(C(=O)O)cc2)cc1. The lowest BCUT2D eigenvalue weighted by Crippen LogP contribution is -1.94. The molecular weight excluding hydrogens is 284 g/mol. The van der Waals surface area contributed by atoms with Crippen molar-refractivity contribution in [2.75, 3.05) is 0 Å². The number of carboxylic acid groups (broad SMARTS) is 1. The molecule has 0 aliphatic carbocycles. The second-order valence-corrected chi connectivity index (χ2v) is 5.57. The van der Waals surface area contributed by atoms with Crippen molar-refractivity contribution in [2.24, 2.45) is 0 Å². The lowest BCUT2D eigenvalue weighted by molar-refractivity contribution is 0.0697. The normalized spacial score (nSPS) is 9.96. The third-order valence-corrected chi connectivity index (χ3v) is 3.74. The lowest BCUT2D eigenvalue weighted by Gasteiger charge is -2.02. The topological polar surface area (TPSA) is 37.3 Å². The van der Waals surface area contributed by atoms with Gasteiger partial charge >= 0.3 is 5.97 Å². The maximum Gasteiger partial charge on any atom is 0.335 e. The first kappa shape index (κ1) is 16.8. The molecule has 0 aliphatic heterocycles. The van der Waals surface area contributed by atoms with Gasteiger partial charge in [0.1, 0.15) is 0 Å². The average molecular weight is 306 g/mol. The number of carboxylic acids is 1. The fourth-order valence-corrected chi connectivity index (χ4v) is 2.36. The molecule has 2 aromatic rings. The summed E-state index contributed by atoms with van der Waals surface area (Å²) in [6.45, 7) is 2.21. The number of hydrogen-bond acceptors (Lipinski definition) is 1. The Balaban J connectivity index is 1.96. The van der Waals surface area contributed by atoms with Gasteiger partial charge in [0.05, 0.1) is 5.56 Å². The molecule has 0 spiro atoms. The number of benzene rings is 2. The molecule has 0 aliphatic rings. The van der Waals surface area contributed by atoms with Crippen LogP contribution in [-0.2, 0) is 0 Å². The zero-order valence-electron chi connectivity index (χ0n) is 13.5. The maximum atomic E-state index is 10.9. The quantitative estimate of drug-likeness (QED) is 0.575. The Kier molecular flexibility index (Phi) is 6.44. The summed E-state index contributed by atoms with van der Waals surface area (Å²) in [7, 11) is 0. The van der Waals surface area contributed by atoms with Crippen LogP contribution in [0.4, 0.5) is 0 Å². The van der Waals surface area contributed by atoms with Crippen molar-refractivity contribution in [3.8, 4) is 23.0 Å². The molecule has 0 radical (unpaired) electrons. The Morgan fingerprint density at radius 1 is 0.913 bits per heavy atom. The van der Waals surface area contributed by atoms with Crippen molar-refractivity contribution in [3.63, 3.8) is 0 Å². The van der Waals surface area contributed by atoms with E-state index in [0.29, 0.717) is 5.56 Å². The molecule has 2 aromatic carbocycles. The van der Waals surface area contributed by atoms with Crippen molar-refractivity contribution in [1.82, 2.24) is 0 Å². The van der Waals surface area contributed by atoms with Crippen molar-refractivity contribution in [2.45, 2.75) is 39.0 Å². The van der Waals surface area contributed by atoms with E-state index in [2.05, 4.69) is 18.8 Å². The smallest absolute Gasteiger partial charge is 0.335 e. The average Bonchev–Trinajstić information content (AvgIpc) is 2.58. The summed E-state index contributed by atoms with van der Waals surface area (Å²) in [6.07, 6.45) is 5.93. The molecule has 2 nitrogen and oxygen atoms in total. The highest BCUT2D eigenvalue weighted by Gasteiger charge is 2.02. The minimum Gasteiger partial charge on any atom is -0.478 e. The fourth-order valence-electron chi connectivity index (χ4n) is 2.36. The van der Waals surface area contributed by atoms with Crippen LogP contribution in [0.2, 0.25) is 0 Å². The van der Waals surface area contributed by atoms with Crippen molar-refractivity contribution < 1.29 is 9.90 Å². The van der Waals surface area contributed by atoms with Gasteiger partial charge in [0.15, 0.2) is 0 Å². The molecule has 0 saturated heterocycles. The van der Waals surface area contributed by atoms with E-state index in [1.165, 1.54) is 25.7 Å². The van der Waals surface area contributed by atoms with Crippen LogP contribution in [-0.4, -0.2) is 11.1 Å². The first-order valence-electron chi connectivity index (χ1n) is 8.13. The van der Waals surface area contributed by atoms with E-state index in [1.807, 2.05) is 36.4 Å². The van der Waals surface area contributed by atoms with Crippen LogP contribution in [0.15, 0.2) is 48.5 Å². The summed E-state index contributed by atoms with van der Waals surface area (Å²) in [5.74, 6) is 5.52. The Labute approximate surface area is 138 Å². The second kappa shape index (κ2) is 8.80. The van der Waals surface area contributed by atoms with Gasteiger partial charge in [-0.3, -0.25) is 0 Å². The predicted octanol–water partition coefficient (Wildman–Crippen LogP) is 5.37. The van der Waals surface area contributed by atoms with E-state index >= 15 is 0 Å². The van der Waals surface area contributed by atoms with Gasteiger partial charge in [0.2, 0.25) is 0 Å². The number of rotatable bonds is 6. The van der Waals surface area contributed by atoms with Gasteiger partial charge in [-0.15, -0.1) is 0 Å². The molecule has 0 aromatic heterocycles. The highest BCUT2D eigenvalue weighted by atomic mass is 16.4. The van der Waals surface area contributed by atoms with Gasteiger partial charge < -0.3 is 5.11 Å². The molecule has 1 N–H and O–H groups in total. The number of unbranched alkanes of at least 4 members (excludes halogenated alkanes) is 4. The molecule has 0 fully saturated rings. The number of carbonyl (C=O) groups is 1. The summed E-state index contributed by atoms with van der Waals surface area (Å²) in [5.41, 5.74) is 3.40. The molecule has 0 saturated carbocycles. The largest absolute Gasteiger partial charge is 0.478 e. The number of aromatic carboxylic acids is 1. The molecule has 0 heterocycles. The van der Waals surface area contributed by atoms with E-state index in [9.17, 15) is 4.79 Å². The minimum atomic E-state index is -0.902. The third kappa shape index (κ3) is 5.30. The molecule has 0 unspecified atom stereocenters. The molecule has 0 bridgehead atoms. The molecule has 118 valence electrons. The molecule has 0 atom stereocenters. The predicted molar refractivity (Wildman–Crippen MR) is 94.5 cm³/mol. The zero-order chi connectivity index (χ0) is 16.5. The fraction of sp³-hybridized carbons (Fsp3) is 0.286. The zero-order valence-corrected chi connectivity index (χ0v) is 13.5. The summed E-state index contributed by atoms with van der Waals surface area (Å²) in [6, 6.07) is 15.0. The van der Waals surface area contributed by atoms with Gasteiger partial charge in [-0.2, -0.15) is 0 Å². The first-order valence-corrected chi connectivity index (χ1v) is 8.13. The van der Waals surface area contributed by atoms with Crippen LogP contribution in [0.1, 0.15) is 54.9 Å². The molecule has 2 rings (SSSR count). The highest BCUT2D eigenvalue weighted by molar-refractivity contribution is 5.88. The van der Waals surface area contributed by atoms with E-state index in [0.717, 1.165) is 23.1 Å². The molecule has 0 amide bonds. The Bertz CT molecular complexity index is 685. The molecule has 2 heteroatoms. The third-order valence-electron chi connectivity index (χ3n) is 3.74. The summed E-state index contributed by atoms with van der Waals surface area (Å²) < 4.78 is 0. The number of hydrogen-bond donors (Lipinski definition) is 1. The van der Waals surface area contributed by atoms with Crippen LogP contribution in [0, 0.1) is 11.8 Å². The standard InChI is InChI=1S/C21H22O2/c1-2-3-4-5-6-7-8-17-9-11-18(12-10-17)19-13-15-20(16-14-19)21(22)23/h9-16H,2-6H2,1H3,(H,22,23). The van der Waals surface area contributed by atoms with Crippen LogP contribution in [0.5, 0.6) is 0 Å². The van der Waals surface area contributed by atoms with Crippen molar-refractivity contribution >= 4 is 5.97 Å². The van der Waals surface area contributed by atoms with Gasteiger partial charge in [-0.05, 0) is 41.8 Å². The monoisotopic (exact) mass is 306 g/mol. The minimum absolute atomic E-state index is 0.305. The molecule has 23 heavy (non-hydrogen) atoms. The van der Waals surface area contributed by atoms with E-state index in [-0.39, 0.29) is 0 Å². The first-order chi connectivity index (χ1) is 11.2. The Morgan fingerprint density at radius 2 is 1.52 bits per heavy atom. The van der Waals surface area contributed by atoms with Gasteiger partial charge in [0.25, 0.3) is 0 Å². The van der Waals surface area contributed by atoms with E-state index in [4.69, 9.17) is 5.11 Å². The van der Waals surface area contributed by atoms with Crippen molar-refractivity contribution in [3.05, 3.63) is 59.7 Å². The van der Waals surface area contributed by atoms with Gasteiger partial charge in [-0.25, -0.2) is 4.79 Å². The van der Waals surface area contributed by atoms with Gasteiger partial charge in [0, 0.05) is 12.0 Å².